The second-order valence-corrected chi connectivity index (χ2v) is 16.6. The highest BCUT2D eigenvalue weighted by Crippen LogP contribution is 2.15. The molecule has 1 aromatic rings. The average molecular weight is 988 g/mol. The number of aliphatic carboxylic acids is 6. The molecule has 1 aliphatic rings. The fourth-order valence-corrected chi connectivity index (χ4v) is 7.17. The lowest BCUT2D eigenvalue weighted by Gasteiger charge is -2.32. The summed E-state index contributed by atoms with van der Waals surface area (Å²) < 4.78 is 0.856. The molecule has 2 atom stereocenters. The Labute approximate surface area is 385 Å². The van der Waals surface area contributed by atoms with E-state index < -0.39 is 66.8 Å². The van der Waals surface area contributed by atoms with Gasteiger partial charge in [-0.15, -0.1) is 0 Å². The molecule has 0 saturated carbocycles. The van der Waals surface area contributed by atoms with Gasteiger partial charge in [-0.2, -0.15) is 0 Å². The summed E-state index contributed by atoms with van der Waals surface area (Å²) in [5.41, 5.74) is 0.866. The first kappa shape index (κ1) is 55.7. The highest BCUT2D eigenvalue weighted by Gasteiger charge is 2.26. The molecular weight excluding hydrogens is 924 g/mol. The number of carbonyl (C=O) groups is 9. The summed E-state index contributed by atoms with van der Waals surface area (Å²) >= 11 is 3.40. The summed E-state index contributed by atoms with van der Waals surface area (Å²) in [6.07, 6.45) is 1.64. The molecule has 1 aromatic carbocycles. The molecule has 2 rings (SSSR count). The van der Waals surface area contributed by atoms with Crippen LogP contribution in [-0.2, 0) is 44.9 Å². The quantitative estimate of drug-likeness (QED) is 0.0506. The van der Waals surface area contributed by atoms with Gasteiger partial charge >= 0.3 is 41.8 Å². The number of carboxylic acids is 6. The summed E-state index contributed by atoms with van der Waals surface area (Å²) in [6, 6.07) is 3.44. The normalized spacial score (nSPS) is 15.6. The molecule has 0 unspecified atom stereocenters. The molecule has 0 aromatic heterocycles. The minimum atomic E-state index is -1.53. The number of hydrogen-bond donors (Lipinski definition) is 9. The zero-order chi connectivity index (χ0) is 48.3. The molecular formula is C41H63BrN8O15. The molecule has 65 heavy (non-hydrogen) atoms. The van der Waals surface area contributed by atoms with Crippen LogP contribution in [-0.4, -0.2) is 213 Å². The summed E-state index contributed by atoms with van der Waals surface area (Å²) in [7, 11) is 0. The molecule has 0 radical (unpaired) electrons. The Balaban J connectivity index is 1.92. The predicted octanol–water partition coefficient (Wildman–Crippen LogP) is 0.170. The van der Waals surface area contributed by atoms with Crippen LogP contribution in [0.3, 0.4) is 0 Å². The first-order valence-electron chi connectivity index (χ1n) is 21.4. The van der Waals surface area contributed by atoms with E-state index in [2.05, 4.69) is 31.9 Å². The van der Waals surface area contributed by atoms with Crippen LogP contribution in [0.2, 0.25) is 0 Å². The molecule has 1 saturated heterocycles. The van der Waals surface area contributed by atoms with Crippen molar-refractivity contribution in [3.05, 3.63) is 34.3 Å². The van der Waals surface area contributed by atoms with Gasteiger partial charge in [0.1, 0.15) is 12.1 Å². The number of amides is 4. The Morgan fingerprint density at radius 3 is 1.46 bits per heavy atom. The van der Waals surface area contributed by atoms with Crippen LogP contribution in [0, 0.1) is 0 Å². The standard InChI is InChI=1S/C41H63BrN8O15/c42-30-10-8-29(9-11-30)24-50(15-5-3-6-31(39(61)62)44-41(65)45-32(40(63)64)12-13-35(53)54)34(52)7-2-1-4-14-43-33(51)25-46-16-18-47(26-36(55)56)20-22-49(28-38(59)60)23-21-48(19-17-46)27-37(57)58/h8-11,31-32H,1-7,12-28H2,(H,43,51)(H,53,54)(H,55,56)(H,57,58)(H,59,60)(H,61,62)(H,63,64)(H2,44,45,65)/t31-,32+/m0/s1. The van der Waals surface area contributed by atoms with Gasteiger partial charge in [0.05, 0.1) is 26.2 Å². The number of carboxylic acid groups (broad SMARTS) is 6. The minimum Gasteiger partial charge on any atom is -0.481 e. The number of hydrogen-bond acceptors (Lipinski definition) is 13. The Bertz CT molecular complexity index is 1710. The zero-order valence-corrected chi connectivity index (χ0v) is 38.0. The summed E-state index contributed by atoms with van der Waals surface area (Å²) in [4.78, 5) is 116. The van der Waals surface area contributed by atoms with E-state index in [1.54, 1.807) is 19.6 Å². The summed E-state index contributed by atoms with van der Waals surface area (Å²) in [5, 5.41) is 63.3. The maximum atomic E-state index is 13.5. The van der Waals surface area contributed by atoms with Crippen molar-refractivity contribution in [2.24, 2.45) is 0 Å². The van der Waals surface area contributed by atoms with Crippen LogP contribution < -0.4 is 16.0 Å². The number of carbonyl (C=O) groups excluding carboxylic acids is 3. The molecule has 24 heteroatoms. The van der Waals surface area contributed by atoms with Gasteiger partial charge in [-0.05, 0) is 56.2 Å². The Morgan fingerprint density at radius 1 is 0.554 bits per heavy atom. The number of benzene rings is 1. The van der Waals surface area contributed by atoms with Crippen molar-refractivity contribution >= 4 is 69.6 Å². The summed E-state index contributed by atoms with van der Waals surface area (Å²) in [5.74, 6) is -7.64. The highest BCUT2D eigenvalue weighted by atomic mass is 79.9. The van der Waals surface area contributed by atoms with Crippen molar-refractivity contribution in [1.82, 2.24) is 40.4 Å². The van der Waals surface area contributed by atoms with Gasteiger partial charge in [0, 0.05) is 89.3 Å². The van der Waals surface area contributed by atoms with Crippen molar-refractivity contribution in [3.63, 3.8) is 0 Å². The fourth-order valence-electron chi connectivity index (χ4n) is 6.90. The van der Waals surface area contributed by atoms with Crippen LogP contribution in [0.5, 0.6) is 0 Å². The highest BCUT2D eigenvalue weighted by molar-refractivity contribution is 9.10. The van der Waals surface area contributed by atoms with E-state index in [0.29, 0.717) is 51.9 Å². The van der Waals surface area contributed by atoms with Crippen molar-refractivity contribution in [1.29, 1.82) is 0 Å². The first-order chi connectivity index (χ1) is 30.8. The number of nitrogens with one attached hydrogen (secondary N) is 3. The molecule has 364 valence electrons. The summed E-state index contributed by atoms with van der Waals surface area (Å²) in [6.45, 7) is 2.25. The van der Waals surface area contributed by atoms with Crippen LogP contribution in [0.4, 0.5) is 4.79 Å². The predicted molar refractivity (Wildman–Crippen MR) is 235 cm³/mol. The van der Waals surface area contributed by atoms with Gasteiger partial charge < -0.3 is 51.5 Å². The molecule has 0 aliphatic carbocycles. The van der Waals surface area contributed by atoms with E-state index in [1.165, 1.54) is 0 Å². The topological polar surface area (TPSA) is 327 Å². The van der Waals surface area contributed by atoms with Crippen molar-refractivity contribution in [3.8, 4) is 0 Å². The smallest absolute Gasteiger partial charge is 0.326 e. The minimum absolute atomic E-state index is 0.0211. The fraction of sp³-hybridized carbons (Fsp3) is 0.634. The monoisotopic (exact) mass is 986 g/mol. The Hall–Kier alpha value is -5.43. The van der Waals surface area contributed by atoms with Gasteiger partial charge in [-0.25, -0.2) is 14.4 Å². The van der Waals surface area contributed by atoms with Gasteiger partial charge in [0.25, 0.3) is 0 Å². The number of urea groups is 1. The van der Waals surface area contributed by atoms with Gasteiger partial charge in [0.2, 0.25) is 11.8 Å². The van der Waals surface area contributed by atoms with Gasteiger partial charge in [0.15, 0.2) is 0 Å². The first-order valence-corrected chi connectivity index (χ1v) is 22.2. The van der Waals surface area contributed by atoms with Gasteiger partial charge in [-0.3, -0.25) is 48.4 Å². The van der Waals surface area contributed by atoms with E-state index in [-0.39, 0.29) is 103 Å². The number of unbranched alkanes of at least 4 members (excludes halogenated alkanes) is 3. The lowest BCUT2D eigenvalue weighted by molar-refractivity contribution is -0.141. The number of halogens is 1. The van der Waals surface area contributed by atoms with Crippen molar-refractivity contribution < 1.29 is 73.8 Å². The third kappa shape index (κ3) is 25.6. The molecule has 9 N–H and O–H groups in total. The SMILES string of the molecule is O=C(O)CC[C@@H](NC(=O)N[C@@H](CCCCN(Cc1ccc(Br)cc1)C(=O)CCCCCNC(=O)CN1CCN(CC(=O)O)CCN(CC(=O)O)CCN(CC(=O)O)CC1)C(=O)O)C(=O)O. The Kier molecular flexibility index (Phi) is 26.3. The van der Waals surface area contributed by atoms with Gasteiger partial charge in [-0.1, -0.05) is 34.5 Å². The van der Waals surface area contributed by atoms with E-state index in [0.717, 1.165) is 10.0 Å². The van der Waals surface area contributed by atoms with E-state index in [4.69, 9.17) is 5.11 Å². The molecule has 1 fully saturated rings. The molecule has 1 aliphatic heterocycles. The Morgan fingerprint density at radius 2 is 1.02 bits per heavy atom. The molecule has 1 heterocycles. The maximum absolute atomic E-state index is 13.5. The average Bonchev–Trinajstić information content (AvgIpc) is 3.22. The van der Waals surface area contributed by atoms with E-state index in [1.807, 2.05) is 29.2 Å². The van der Waals surface area contributed by atoms with Crippen LogP contribution in [0.25, 0.3) is 0 Å². The maximum Gasteiger partial charge on any atom is 0.326 e. The van der Waals surface area contributed by atoms with E-state index in [9.17, 15) is 68.7 Å². The van der Waals surface area contributed by atoms with Crippen LogP contribution in [0.15, 0.2) is 28.7 Å². The largest absolute Gasteiger partial charge is 0.481 e. The lowest BCUT2D eigenvalue weighted by atomic mass is 10.1. The van der Waals surface area contributed by atoms with Crippen LogP contribution >= 0.6 is 15.9 Å². The molecule has 0 bridgehead atoms. The molecule has 4 amide bonds. The second kappa shape index (κ2) is 30.7. The third-order valence-electron chi connectivity index (χ3n) is 10.4. The zero-order valence-electron chi connectivity index (χ0n) is 36.4. The van der Waals surface area contributed by atoms with Crippen molar-refractivity contribution in [2.75, 3.05) is 91.6 Å². The van der Waals surface area contributed by atoms with Crippen molar-refractivity contribution in [2.45, 2.75) is 76.4 Å². The lowest BCUT2D eigenvalue weighted by Crippen LogP contribution is -2.51. The number of nitrogens with zero attached hydrogens (tertiary/aromatic N) is 5. The number of rotatable bonds is 28. The molecule has 23 nitrogen and oxygen atoms in total. The van der Waals surface area contributed by atoms with E-state index >= 15 is 0 Å². The molecule has 0 spiro atoms. The second-order valence-electron chi connectivity index (χ2n) is 15.7. The third-order valence-corrected chi connectivity index (χ3v) is 11.0. The van der Waals surface area contributed by atoms with Crippen LogP contribution in [0.1, 0.15) is 63.4 Å².